The molecule has 0 bridgehead atoms. The zero-order valence-electron chi connectivity index (χ0n) is 17.0. The molecule has 168 valence electrons. The molecule has 1 aliphatic rings. The third-order valence-electron chi connectivity index (χ3n) is 5.49. The Morgan fingerprint density at radius 3 is 2.50 bits per heavy atom. The van der Waals surface area contributed by atoms with Crippen LogP contribution < -0.4 is 10.2 Å². The molecule has 1 amide bonds. The average Bonchev–Trinajstić information content (AvgIpc) is 3.32. The Balaban J connectivity index is 1.28. The number of carbonyl (C=O) groups is 1. The summed E-state index contributed by atoms with van der Waals surface area (Å²) in [6.07, 6.45) is 1.02. The van der Waals surface area contributed by atoms with Gasteiger partial charge in [-0.25, -0.2) is 9.67 Å². The summed E-state index contributed by atoms with van der Waals surface area (Å²) in [6.45, 7) is 1.41. The molecule has 1 N–H and O–H groups in total. The van der Waals surface area contributed by atoms with Gasteiger partial charge in [-0.2, -0.15) is 18.3 Å². The summed E-state index contributed by atoms with van der Waals surface area (Å²) in [6, 6.07) is 10.5. The zero-order valence-corrected chi connectivity index (χ0v) is 17.8. The van der Waals surface area contributed by atoms with Crippen LogP contribution in [0.2, 0.25) is 5.02 Å². The predicted octanol–water partition coefficient (Wildman–Crippen LogP) is 4.47. The fraction of sp³-hybridized carbons (Fsp3) is 0.318. The molecule has 4 rings (SSSR count). The predicted molar refractivity (Wildman–Crippen MR) is 115 cm³/mol. The second-order valence-electron chi connectivity index (χ2n) is 7.62. The summed E-state index contributed by atoms with van der Waals surface area (Å²) in [4.78, 5) is 18.3. The SMILES string of the molecule is O=C(NCc1ccc(-n2cccn2)cc1)C1CCN(c2ncc(C(F)(F)F)cc2Cl)CC1. The number of nitrogens with one attached hydrogen (secondary N) is 1. The van der Waals surface area contributed by atoms with Gasteiger partial charge in [-0.1, -0.05) is 23.7 Å². The van der Waals surface area contributed by atoms with E-state index in [1.165, 1.54) is 0 Å². The molecule has 1 aliphatic heterocycles. The Morgan fingerprint density at radius 2 is 1.91 bits per heavy atom. The Kier molecular flexibility index (Phi) is 6.36. The van der Waals surface area contributed by atoms with E-state index in [-0.39, 0.29) is 16.8 Å². The van der Waals surface area contributed by atoms with Crippen LogP contribution in [0.25, 0.3) is 5.69 Å². The number of hydrogen-bond acceptors (Lipinski definition) is 4. The molecule has 3 heterocycles. The smallest absolute Gasteiger partial charge is 0.355 e. The molecule has 3 aromatic rings. The van der Waals surface area contributed by atoms with E-state index in [0.717, 1.165) is 23.5 Å². The second kappa shape index (κ2) is 9.20. The minimum Gasteiger partial charge on any atom is -0.355 e. The minimum absolute atomic E-state index is 0.0349. The number of carbonyl (C=O) groups excluding carboxylic acids is 1. The minimum atomic E-state index is -4.49. The second-order valence-corrected chi connectivity index (χ2v) is 8.03. The van der Waals surface area contributed by atoms with Crippen molar-refractivity contribution < 1.29 is 18.0 Å². The third-order valence-corrected chi connectivity index (χ3v) is 5.76. The summed E-state index contributed by atoms with van der Waals surface area (Å²) in [5, 5.41) is 7.11. The van der Waals surface area contributed by atoms with E-state index in [9.17, 15) is 18.0 Å². The molecule has 0 atom stereocenters. The van der Waals surface area contributed by atoms with Gasteiger partial charge in [0.05, 0.1) is 16.3 Å². The summed E-state index contributed by atoms with van der Waals surface area (Å²) in [7, 11) is 0. The number of rotatable bonds is 5. The molecular formula is C22H21ClF3N5O. The molecular weight excluding hydrogens is 443 g/mol. The van der Waals surface area contributed by atoms with E-state index in [1.54, 1.807) is 10.9 Å². The quantitative estimate of drug-likeness (QED) is 0.606. The van der Waals surface area contributed by atoms with Crippen LogP contribution in [0, 0.1) is 5.92 Å². The van der Waals surface area contributed by atoms with Gasteiger partial charge in [0.15, 0.2) is 0 Å². The van der Waals surface area contributed by atoms with Crippen LogP contribution >= 0.6 is 11.6 Å². The highest BCUT2D eigenvalue weighted by atomic mass is 35.5. The highest BCUT2D eigenvalue weighted by Gasteiger charge is 2.33. The molecule has 0 aliphatic carbocycles. The Hall–Kier alpha value is -3.07. The highest BCUT2D eigenvalue weighted by molar-refractivity contribution is 6.33. The van der Waals surface area contributed by atoms with Crippen molar-refractivity contribution in [3.05, 3.63) is 71.1 Å². The molecule has 0 unspecified atom stereocenters. The molecule has 1 saturated heterocycles. The fourth-order valence-corrected chi connectivity index (χ4v) is 3.98. The highest BCUT2D eigenvalue weighted by Crippen LogP contribution is 2.34. The average molecular weight is 464 g/mol. The van der Waals surface area contributed by atoms with Crippen molar-refractivity contribution >= 4 is 23.3 Å². The number of aromatic nitrogens is 3. The van der Waals surface area contributed by atoms with E-state index >= 15 is 0 Å². The number of benzene rings is 1. The molecule has 0 radical (unpaired) electrons. The van der Waals surface area contributed by atoms with E-state index in [1.807, 2.05) is 41.4 Å². The van der Waals surface area contributed by atoms with Gasteiger partial charge in [0.1, 0.15) is 5.82 Å². The van der Waals surface area contributed by atoms with Crippen LogP contribution in [-0.2, 0) is 17.5 Å². The summed E-state index contributed by atoms with van der Waals surface area (Å²) >= 11 is 6.04. The van der Waals surface area contributed by atoms with E-state index < -0.39 is 11.7 Å². The number of nitrogens with zero attached hydrogens (tertiary/aromatic N) is 4. The molecule has 2 aromatic heterocycles. The van der Waals surface area contributed by atoms with Gasteiger partial charge in [0, 0.05) is 44.1 Å². The van der Waals surface area contributed by atoms with Gasteiger partial charge in [-0.3, -0.25) is 4.79 Å². The third kappa shape index (κ3) is 5.04. The lowest BCUT2D eigenvalue weighted by Gasteiger charge is -2.32. The topological polar surface area (TPSA) is 63.1 Å². The summed E-state index contributed by atoms with van der Waals surface area (Å²) < 4.78 is 40.2. The molecule has 0 spiro atoms. The van der Waals surface area contributed by atoms with Crippen LogP contribution in [0.3, 0.4) is 0 Å². The Labute approximate surface area is 188 Å². The Morgan fingerprint density at radius 1 is 1.19 bits per heavy atom. The van der Waals surface area contributed by atoms with Gasteiger partial charge in [0.2, 0.25) is 5.91 Å². The van der Waals surface area contributed by atoms with Gasteiger partial charge < -0.3 is 10.2 Å². The fourth-order valence-electron chi connectivity index (χ4n) is 3.69. The normalized spacial score (nSPS) is 15.1. The van der Waals surface area contributed by atoms with Crippen LogP contribution in [0.1, 0.15) is 24.0 Å². The molecule has 32 heavy (non-hydrogen) atoms. The van der Waals surface area contributed by atoms with Crippen molar-refractivity contribution in [2.45, 2.75) is 25.6 Å². The first-order chi connectivity index (χ1) is 15.3. The lowest BCUT2D eigenvalue weighted by molar-refractivity contribution is -0.137. The van der Waals surface area contributed by atoms with Gasteiger partial charge in [-0.15, -0.1) is 0 Å². The van der Waals surface area contributed by atoms with Crippen molar-refractivity contribution in [3.63, 3.8) is 0 Å². The number of hydrogen-bond donors (Lipinski definition) is 1. The number of anilines is 1. The first kappa shape index (κ1) is 22.1. The number of amides is 1. The van der Waals surface area contributed by atoms with E-state index in [2.05, 4.69) is 15.4 Å². The zero-order chi connectivity index (χ0) is 22.7. The molecule has 10 heteroatoms. The van der Waals surface area contributed by atoms with Crippen LogP contribution in [0.5, 0.6) is 0 Å². The largest absolute Gasteiger partial charge is 0.417 e. The van der Waals surface area contributed by atoms with Crippen molar-refractivity contribution in [1.29, 1.82) is 0 Å². The van der Waals surface area contributed by atoms with E-state index in [4.69, 9.17) is 11.6 Å². The Bertz CT molecular complexity index is 1060. The van der Waals surface area contributed by atoms with E-state index in [0.29, 0.717) is 38.3 Å². The number of halogens is 4. The lowest BCUT2D eigenvalue weighted by Crippen LogP contribution is -2.40. The maximum Gasteiger partial charge on any atom is 0.417 e. The van der Waals surface area contributed by atoms with Gasteiger partial charge in [-0.05, 0) is 42.7 Å². The van der Waals surface area contributed by atoms with Gasteiger partial charge in [0.25, 0.3) is 0 Å². The summed E-state index contributed by atoms with van der Waals surface area (Å²) in [5.41, 5.74) is 1.04. The van der Waals surface area contributed by atoms with Crippen molar-refractivity contribution in [3.8, 4) is 5.69 Å². The van der Waals surface area contributed by atoms with Crippen molar-refractivity contribution in [2.75, 3.05) is 18.0 Å². The maximum absolute atomic E-state index is 12.8. The first-order valence-corrected chi connectivity index (χ1v) is 10.5. The number of alkyl halides is 3. The molecule has 6 nitrogen and oxygen atoms in total. The van der Waals surface area contributed by atoms with Gasteiger partial charge >= 0.3 is 6.18 Å². The van der Waals surface area contributed by atoms with Crippen LogP contribution in [0.4, 0.5) is 19.0 Å². The number of pyridine rings is 1. The number of piperidine rings is 1. The van der Waals surface area contributed by atoms with Crippen LogP contribution in [0.15, 0.2) is 55.0 Å². The van der Waals surface area contributed by atoms with Crippen LogP contribution in [-0.4, -0.2) is 33.8 Å². The monoisotopic (exact) mass is 463 g/mol. The summed E-state index contributed by atoms with van der Waals surface area (Å²) in [5.74, 6) is 0.117. The van der Waals surface area contributed by atoms with Crippen molar-refractivity contribution in [2.24, 2.45) is 5.92 Å². The molecule has 1 fully saturated rings. The standard InChI is InChI=1S/C22H21ClF3N5O/c23-19-12-17(22(24,25)26)14-27-20(19)30-10-6-16(7-11-30)21(32)28-13-15-2-4-18(5-3-15)31-9-1-8-29-31/h1-5,8-9,12,14,16H,6-7,10-11,13H2,(H,28,32). The molecule has 1 aromatic carbocycles. The first-order valence-electron chi connectivity index (χ1n) is 10.2. The maximum atomic E-state index is 12.8. The lowest BCUT2D eigenvalue weighted by atomic mass is 9.95. The van der Waals surface area contributed by atoms with Crippen molar-refractivity contribution in [1.82, 2.24) is 20.1 Å². The molecule has 0 saturated carbocycles.